The van der Waals surface area contributed by atoms with Crippen molar-refractivity contribution >= 4 is 40.4 Å². The number of hydrogen-bond donors (Lipinski definition) is 1. The molecule has 0 aliphatic heterocycles. The van der Waals surface area contributed by atoms with Crippen LogP contribution in [0.5, 0.6) is 5.75 Å². The second kappa shape index (κ2) is 10.2. The summed E-state index contributed by atoms with van der Waals surface area (Å²) < 4.78 is 10.7. The van der Waals surface area contributed by atoms with E-state index < -0.39 is 0 Å². The molecule has 30 heavy (non-hydrogen) atoms. The van der Waals surface area contributed by atoms with E-state index in [1.54, 1.807) is 51.5 Å². The first-order chi connectivity index (χ1) is 14.5. The van der Waals surface area contributed by atoms with Crippen molar-refractivity contribution in [2.45, 2.75) is 10.1 Å². The molecule has 8 nitrogen and oxygen atoms in total. The van der Waals surface area contributed by atoms with Gasteiger partial charge in [0.15, 0.2) is 0 Å². The first-order valence-electron chi connectivity index (χ1n) is 8.85. The van der Waals surface area contributed by atoms with E-state index in [0.717, 1.165) is 34.8 Å². The molecule has 1 heterocycles. The predicted molar refractivity (Wildman–Crippen MR) is 117 cm³/mol. The molecule has 0 saturated carbocycles. The Bertz CT molecular complexity index is 1020. The number of thioether (sulfide) groups is 2. The number of anilines is 1. The molecule has 0 aliphatic carbocycles. The number of aromatic nitrogens is 2. The molecule has 1 N–H and O–H groups in total. The zero-order valence-electron chi connectivity index (χ0n) is 16.6. The molecule has 156 valence electrons. The quantitative estimate of drug-likeness (QED) is 0.540. The highest BCUT2D eigenvalue weighted by molar-refractivity contribution is 8.13. The maximum atomic E-state index is 12.4. The van der Waals surface area contributed by atoms with Crippen molar-refractivity contribution in [2.24, 2.45) is 0 Å². The van der Waals surface area contributed by atoms with Gasteiger partial charge in [0.1, 0.15) is 5.75 Å². The molecule has 2 amide bonds. The summed E-state index contributed by atoms with van der Waals surface area (Å²) in [5.74, 6) is 0.944. The number of hydrogen-bond acceptors (Lipinski definition) is 8. The number of benzene rings is 2. The number of carbonyl (C=O) groups excluding carboxylic acids is 2. The van der Waals surface area contributed by atoms with Crippen LogP contribution >= 0.6 is 23.5 Å². The predicted octanol–water partition coefficient (Wildman–Crippen LogP) is 4.25. The monoisotopic (exact) mass is 444 g/mol. The van der Waals surface area contributed by atoms with Crippen molar-refractivity contribution in [2.75, 3.05) is 32.3 Å². The summed E-state index contributed by atoms with van der Waals surface area (Å²) >= 11 is 2.19. The first kappa shape index (κ1) is 21.7. The normalized spacial score (nSPS) is 10.5. The standard InChI is InChI=1S/C20H20N4O4S2/c1-24(2)20(26)30-16-7-5-4-6-15(16)21-17(25)12-29-19-23-22-18(28-19)13-8-10-14(27-3)11-9-13/h4-11H,12H2,1-3H3,(H,21,25). The molecule has 0 fully saturated rings. The maximum Gasteiger partial charge on any atom is 0.286 e. The van der Waals surface area contributed by atoms with Gasteiger partial charge in [-0.2, -0.15) is 0 Å². The second-order valence-corrected chi connectivity index (χ2v) is 8.12. The number of nitrogens with zero attached hydrogens (tertiary/aromatic N) is 3. The largest absolute Gasteiger partial charge is 0.497 e. The summed E-state index contributed by atoms with van der Waals surface area (Å²) in [6.45, 7) is 0. The molecule has 10 heteroatoms. The summed E-state index contributed by atoms with van der Waals surface area (Å²) in [6.07, 6.45) is 0. The highest BCUT2D eigenvalue weighted by Gasteiger charge is 2.14. The van der Waals surface area contributed by atoms with Crippen LogP contribution in [0.2, 0.25) is 0 Å². The Kier molecular flexibility index (Phi) is 7.36. The number of para-hydroxylation sites is 1. The lowest BCUT2D eigenvalue weighted by Gasteiger charge is -2.12. The molecule has 0 aliphatic rings. The lowest BCUT2D eigenvalue weighted by Crippen LogP contribution is -2.17. The van der Waals surface area contributed by atoms with E-state index in [2.05, 4.69) is 15.5 Å². The topological polar surface area (TPSA) is 97.6 Å². The Morgan fingerprint density at radius 1 is 1.10 bits per heavy atom. The van der Waals surface area contributed by atoms with Crippen molar-refractivity contribution < 1.29 is 18.7 Å². The lowest BCUT2D eigenvalue weighted by molar-refractivity contribution is -0.113. The molecule has 1 aromatic heterocycles. The fraction of sp³-hybridized carbons (Fsp3) is 0.200. The van der Waals surface area contributed by atoms with Gasteiger partial charge >= 0.3 is 0 Å². The number of amides is 2. The minimum atomic E-state index is -0.241. The van der Waals surface area contributed by atoms with Gasteiger partial charge in [-0.25, -0.2) is 0 Å². The van der Waals surface area contributed by atoms with Gasteiger partial charge in [-0.1, -0.05) is 23.9 Å². The Labute approximate surface area is 182 Å². The zero-order valence-corrected chi connectivity index (χ0v) is 18.3. The van der Waals surface area contributed by atoms with E-state index in [1.165, 1.54) is 4.90 Å². The van der Waals surface area contributed by atoms with E-state index in [-0.39, 0.29) is 16.9 Å². The van der Waals surface area contributed by atoms with Gasteiger partial charge in [-0.15, -0.1) is 10.2 Å². The third kappa shape index (κ3) is 5.77. The zero-order chi connectivity index (χ0) is 21.5. The van der Waals surface area contributed by atoms with Crippen LogP contribution in [0.25, 0.3) is 11.5 Å². The Morgan fingerprint density at radius 3 is 2.53 bits per heavy atom. The molecule has 0 bridgehead atoms. The van der Waals surface area contributed by atoms with Crippen LogP contribution in [-0.4, -0.2) is 53.2 Å². The smallest absolute Gasteiger partial charge is 0.286 e. The van der Waals surface area contributed by atoms with Crippen LogP contribution in [-0.2, 0) is 4.79 Å². The van der Waals surface area contributed by atoms with Crippen molar-refractivity contribution in [1.29, 1.82) is 0 Å². The van der Waals surface area contributed by atoms with E-state index in [4.69, 9.17) is 9.15 Å². The van der Waals surface area contributed by atoms with Crippen molar-refractivity contribution in [1.82, 2.24) is 15.1 Å². The Balaban J connectivity index is 1.58. The van der Waals surface area contributed by atoms with Gasteiger partial charge in [-0.05, 0) is 48.2 Å². The highest BCUT2D eigenvalue weighted by atomic mass is 32.2. The summed E-state index contributed by atoms with van der Waals surface area (Å²) in [7, 11) is 4.95. The fourth-order valence-corrected chi connectivity index (χ4v) is 3.59. The average molecular weight is 445 g/mol. The van der Waals surface area contributed by atoms with Gasteiger partial charge in [0.05, 0.1) is 18.6 Å². The van der Waals surface area contributed by atoms with Crippen molar-refractivity contribution in [3.05, 3.63) is 48.5 Å². The molecule has 0 spiro atoms. The third-order valence-corrected chi connectivity index (χ3v) is 5.73. The van der Waals surface area contributed by atoms with Gasteiger partial charge in [-0.3, -0.25) is 9.59 Å². The summed E-state index contributed by atoms with van der Waals surface area (Å²) in [5, 5.41) is 11.0. The molecule has 2 aromatic carbocycles. The maximum absolute atomic E-state index is 12.4. The number of carbonyl (C=O) groups is 2. The number of methoxy groups -OCH3 is 1. The molecule has 0 radical (unpaired) electrons. The van der Waals surface area contributed by atoms with Crippen LogP contribution in [0.1, 0.15) is 0 Å². The number of nitrogens with one attached hydrogen (secondary N) is 1. The molecule has 0 unspecified atom stereocenters. The van der Waals surface area contributed by atoms with Gasteiger partial charge < -0.3 is 19.4 Å². The number of ether oxygens (including phenoxy) is 1. The molecular weight excluding hydrogens is 424 g/mol. The summed E-state index contributed by atoms with van der Waals surface area (Å²) in [4.78, 5) is 26.5. The molecule has 3 rings (SSSR count). The summed E-state index contributed by atoms with van der Waals surface area (Å²) in [6, 6.07) is 14.4. The van der Waals surface area contributed by atoms with E-state index >= 15 is 0 Å². The van der Waals surface area contributed by atoms with Crippen molar-refractivity contribution in [3.8, 4) is 17.2 Å². The van der Waals surface area contributed by atoms with Crippen LogP contribution in [0.4, 0.5) is 10.5 Å². The van der Waals surface area contributed by atoms with Gasteiger partial charge in [0, 0.05) is 24.6 Å². The van der Waals surface area contributed by atoms with E-state index in [0.29, 0.717) is 21.7 Å². The third-order valence-electron chi connectivity index (χ3n) is 3.79. The SMILES string of the molecule is COc1ccc(-c2nnc(SCC(=O)Nc3ccccc3SC(=O)N(C)C)o2)cc1. The minimum absolute atomic E-state index is 0.0882. The fourth-order valence-electron chi connectivity index (χ4n) is 2.28. The van der Waals surface area contributed by atoms with Gasteiger partial charge in [0.25, 0.3) is 10.5 Å². The van der Waals surface area contributed by atoms with Gasteiger partial charge in [0.2, 0.25) is 11.8 Å². The molecule has 3 aromatic rings. The molecular formula is C20H20N4O4S2. The van der Waals surface area contributed by atoms with E-state index in [9.17, 15) is 9.59 Å². The summed E-state index contributed by atoms with van der Waals surface area (Å²) in [5.41, 5.74) is 1.34. The average Bonchev–Trinajstić information content (AvgIpc) is 3.22. The number of rotatable bonds is 7. The second-order valence-electron chi connectivity index (χ2n) is 6.20. The van der Waals surface area contributed by atoms with Crippen LogP contribution in [0, 0.1) is 0 Å². The Morgan fingerprint density at radius 2 is 1.83 bits per heavy atom. The van der Waals surface area contributed by atoms with Crippen molar-refractivity contribution in [3.63, 3.8) is 0 Å². The lowest BCUT2D eigenvalue weighted by atomic mass is 10.2. The van der Waals surface area contributed by atoms with Crippen LogP contribution < -0.4 is 10.1 Å². The van der Waals surface area contributed by atoms with Crippen LogP contribution in [0.3, 0.4) is 0 Å². The minimum Gasteiger partial charge on any atom is -0.497 e. The highest BCUT2D eigenvalue weighted by Crippen LogP contribution is 2.29. The molecule has 0 saturated heterocycles. The first-order valence-corrected chi connectivity index (χ1v) is 10.6. The van der Waals surface area contributed by atoms with Crippen LogP contribution in [0.15, 0.2) is 63.1 Å². The molecule has 0 atom stereocenters. The van der Waals surface area contributed by atoms with E-state index in [1.807, 2.05) is 18.2 Å². The Hall–Kier alpha value is -2.98.